The van der Waals surface area contributed by atoms with Gasteiger partial charge in [0.15, 0.2) is 18.0 Å². The number of nitrogens with one attached hydrogen (secondary N) is 1. The van der Waals surface area contributed by atoms with E-state index >= 15 is 0 Å². The Balaban J connectivity index is 1.38. The third-order valence-corrected chi connectivity index (χ3v) is 5.10. The van der Waals surface area contributed by atoms with Crippen LogP contribution in [-0.4, -0.2) is 50.5 Å². The molecule has 1 aliphatic rings. The van der Waals surface area contributed by atoms with Gasteiger partial charge in [-0.05, 0) is 30.3 Å². The number of methoxy groups -OCH3 is 2. The summed E-state index contributed by atoms with van der Waals surface area (Å²) in [4.78, 5) is 8.45. The molecule has 0 saturated carbocycles. The van der Waals surface area contributed by atoms with Crippen LogP contribution in [-0.2, 0) is 6.54 Å². The Morgan fingerprint density at radius 1 is 1.00 bits per heavy atom. The minimum atomic E-state index is 0.568. The number of para-hydroxylation sites is 1. The third kappa shape index (κ3) is 3.94. The molecule has 7 heteroatoms. The lowest BCUT2D eigenvalue weighted by Gasteiger charge is -2.33. The summed E-state index contributed by atoms with van der Waals surface area (Å²) >= 11 is 0. The van der Waals surface area contributed by atoms with Crippen molar-refractivity contribution in [3.8, 4) is 22.9 Å². The van der Waals surface area contributed by atoms with Gasteiger partial charge in [0.2, 0.25) is 5.82 Å². The molecule has 4 rings (SSSR count). The molecule has 0 bridgehead atoms. The molecule has 0 radical (unpaired) electrons. The fourth-order valence-corrected chi connectivity index (χ4v) is 3.53. The van der Waals surface area contributed by atoms with E-state index in [0.29, 0.717) is 23.2 Å². The van der Waals surface area contributed by atoms with Crippen molar-refractivity contribution >= 4 is 5.69 Å². The molecule has 1 saturated heterocycles. The van der Waals surface area contributed by atoms with Crippen molar-refractivity contribution in [2.45, 2.75) is 6.54 Å². The monoisotopic (exact) mass is 381 g/mol. The quantitative estimate of drug-likeness (QED) is 0.701. The molecule has 0 aliphatic carbocycles. The van der Waals surface area contributed by atoms with Gasteiger partial charge < -0.3 is 23.8 Å². The summed E-state index contributed by atoms with van der Waals surface area (Å²) in [5, 5.41) is 4.14. The highest BCUT2D eigenvalue weighted by Gasteiger charge is 2.23. The number of piperazine rings is 1. The second kappa shape index (κ2) is 8.31. The molecule has 0 spiro atoms. The fourth-order valence-electron chi connectivity index (χ4n) is 3.53. The molecule has 0 atom stereocenters. The van der Waals surface area contributed by atoms with Crippen LogP contribution in [0.1, 0.15) is 5.89 Å². The van der Waals surface area contributed by atoms with E-state index in [1.165, 1.54) is 10.6 Å². The summed E-state index contributed by atoms with van der Waals surface area (Å²) in [6.45, 7) is 4.88. The number of nitrogens with zero attached hydrogens (tertiary/aromatic N) is 3. The molecule has 1 aromatic heterocycles. The fraction of sp³-hybridized carbons (Fsp3) is 0.333. The first kappa shape index (κ1) is 18.3. The Hall–Kier alpha value is -3.06. The highest BCUT2D eigenvalue weighted by Crippen LogP contribution is 2.31. The zero-order chi connectivity index (χ0) is 19.3. The maximum absolute atomic E-state index is 5.50. The molecule has 28 heavy (non-hydrogen) atoms. The molecule has 1 fully saturated rings. The summed E-state index contributed by atoms with van der Waals surface area (Å²) in [6.07, 6.45) is 0. The van der Waals surface area contributed by atoms with Crippen molar-refractivity contribution < 1.29 is 18.9 Å². The number of anilines is 1. The zero-order valence-corrected chi connectivity index (χ0v) is 16.2. The largest absolute Gasteiger partial charge is 0.493 e. The van der Waals surface area contributed by atoms with Gasteiger partial charge in [0.1, 0.15) is 0 Å². The average Bonchev–Trinajstić information content (AvgIpc) is 3.23. The summed E-state index contributed by atoms with van der Waals surface area (Å²) < 4.78 is 16.1. The molecule has 1 N–H and O–H groups in total. The third-order valence-electron chi connectivity index (χ3n) is 5.10. The van der Waals surface area contributed by atoms with Crippen LogP contribution in [0.4, 0.5) is 5.69 Å². The van der Waals surface area contributed by atoms with Crippen LogP contribution in [0.15, 0.2) is 53.1 Å². The summed E-state index contributed by atoms with van der Waals surface area (Å²) in [7, 11) is 3.23. The number of hydrogen-bond acceptors (Lipinski definition) is 6. The van der Waals surface area contributed by atoms with E-state index in [-0.39, 0.29) is 0 Å². The van der Waals surface area contributed by atoms with Crippen LogP contribution in [0.3, 0.4) is 0 Å². The van der Waals surface area contributed by atoms with Crippen molar-refractivity contribution in [1.82, 2.24) is 10.1 Å². The molecule has 0 unspecified atom stereocenters. The molecule has 3 aromatic rings. The average molecular weight is 381 g/mol. The first-order chi connectivity index (χ1) is 13.8. The first-order valence-electron chi connectivity index (χ1n) is 9.45. The first-order valence-corrected chi connectivity index (χ1v) is 9.45. The standard InChI is InChI=1S/C21H24N4O3/c1-26-18-9-8-16(14-19(18)27-2)21-22-20(28-23-21)15-24-10-12-25(13-11-24)17-6-4-3-5-7-17/h3-9,14H,10-13,15H2,1-2H3/p+1. The lowest BCUT2D eigenvalue weighted by atomic mass is 10.2. The van der Waals surface area contributed by atoms with Crippen LogP contribution in [0.25, 0.3) is 11.4 Å². The van der Waals surface area contributed by atoms with Gasteiger partial charge in [-0.2, -0.15) is 4.98 Å². The Morgan fingerprint density at radius 3 is 2.46 bits per heavy atom. The Bertz CT molecular complexity index is 905. The topological polar surface area (TPSA) is 65.1 Å². The van der Waals surface area contributed by atoms with Crippen LogP contribution in [0, 0.1) is 0 Å². The Kier molecular flexibility index (Phi) is 5.43. The number of rotatable bonds is 6. The van der Waals surface area contributed by atoms with Crippen LogP contribution < -0.4 is 19.3 Å². The van der Waals surface area contributed by atoms with E-state index in [1.54, 1.807) is 14.2 Å². The highest BCUT2D eigenvalue weighted by atomic mass is 16.5. The van der Waals surface area contributed by atoms with Gasteiger partial charge in [0.05, 0.1) is 40.4 Å². The summed E-state index contributed by atoms with van der Waals surface area (Å²) in [5.41, 5.74) is 2.13. The van der Waals surface area contributed by atoms with E-state index in [9.17, 15) is 0 Å². The molecule has 1 aliphatic heterocycles. The molecule has 146 valence electrons. The molecule has 2 aromatic carbocycles. The van der Waals surface area contributed by atoms with Crippen LogP contribution in [0.5, 0.6) is 11.5 Å². The number of ether oxygens (including phenoxy) is 2. The predicted octanol–water partition coefficient (Wildman–Crippen LogP) is 1.66. The summed E-state index contributed by atoms with van der Waals surface area (Å²) in [5.74, 6) is 2.55. The Morgan fingerprint density at radius 2 is 1.75 bits per heavy atom. The minimum absolute atomic E-state index is 0.568. The maximum Gasteiger partial charge on any atom is 0.282 e. The van der Waals surface area contributed by atoms with Crippen LogP contribution in [0.2, 0.25) is 0 Å². The lowest BCUT2D eigenvalue weighted by molar-refractivity contribution is -0.915. The van der Waals surface area contributed by atoms with E-state index in [1.807, 2.05) is 18.2 Å². The van der Waals surface area contributed by atoms with Gasteiger partial charge in [0, 0.05) is 11.3 Å². The van der Waals surface area contributed by atoms with Gasteiger partial charge in [-0.25, -0.2) is 0 Å². The smallest absolute Gasteiger partial charge is 0.282 e. The Labute approximate surface area is 164 Å². The zero-order valence-electron chi connectivity index (χ0n) is 16.2. The van der Waals surface area contributed by atoms with Gasteiger partial charge in [0.25, 0.3) is 5.89 Å². The highest BCUT2D eigenvalue weighted by molar-refractivity contribution is 5.60. The van der Waals surface area contributed by atoms with Crippen molar-refractivity contribution in [2.75, 3.05) is 45.3 Å². The molecule has 2 heterocycles. The minimum Gasteiger partial charge on any atom is -0.493 e. The summed E-state index contributed by atoms with van der Waals surface area (Å²) in [6, 6.07) is 16.2. The number of benzene rings is 2. The van der Waals surface area contributed by atoms with Gasteiger partial charge in [-0.1, -0.05) is 23.4 Å². The van der Waals surface area contributed by atoms with Gasteiger partial charge in [-0.15, -0.1) is 0 Å². The molecule has 7 nitrogen and oxygen atoms in total. The molecule has 0 amide bonds. The van der Waals surface area contributed by atoms with Crippen LogP contribution >= 0.6 is 0 Å². The van der Waals surface area contributed by atoms with E-state index in [0.717, 1.165) is 38.3 Å². The SMILES string of the molecule is COc1ccc(-c2noc(C[NH+]3CCN(c4ccccc4)CC3)n2)cc1OC. The normalized spacial score (nSPS) is 14.9. The van der Waals surface area contributed by atoms with E-state index < -0.39 is 0 Å². The van der Waals surface area contributed by atoms with Crippen molar-refractivity contribution in [2.24, 2.45) is 0 Å². The number of aromatic nitrogens is 2. The second-order valence-corrected chi connectivity index (χ2v) is 6.83. The van der Waals surface area contributed by atoms with Gasteiger partial charge >= 0.3 is 0 Å². The van der Waals surface area contributed by atoms with Crippen molar-refractivity contribution in [3.05, 3.63) is 54.4 Å². The van der Waals surface area contributed by atoms with Crippen molar-refractivity contribution in [1.29, 1.82) is 0 Å². The van der Waals surface area contributed by atoms with Gasteiger partial charge in [-0.3, -0.25) is 0 Å². The van der Waals surface area contributed by atoms with E-state index in [2.05, 4.69) is 45.4 Å². The lowest BCUT2D eigenvalue weighted by Crippen LogP contribution is -3.13. The number of quaternary nitrogens is 1. The predicted molar refractivity (Wildman–Crippen MR) is 106 cm³/mol. The second-order valence-electron chi connectivity index (χ2n) is 6.83. The maximum atomic E-state index is 5.50. The molecular weight excluding hydrogens is 356 g/mol. The number of hydrogen-bond donors (Lipinski definition) is 1. The molecular formula is C21H25N4O3+. The van der Waals surface area contributed by atoms with Crippen molar-refractivity contribution in [3.63, 3.8) is 0 Å². The van der Waals surface area contributed by atoms with E-state index in [4.69, 9.17) is 14.0 Å².